The molecule has 4 rings (SSSR count). The Morgan fingerprint density at radius 2 is 1.89 bits per heavy atom. The SMILES string of the molecule is O=C1c2oc3ccc(F)cc3c(=O)c2[C@@H](c2ccc(Br)cc2)N1CCCO. The van der Waals surface area contributed by atoms with Crippen LogP contribution in [0.1, 0.15) is 34.1 Å². The largest absolute Gasteiger partial charge is 0.450 e. The van der Waals surface area contributed by atoms with E-state index in [4.69, 9.17) is 4.42 Å². The summed E-state index contributed by atoms with van der Waals surface area (Å²) in [6.07, 6.45) is 0.370. The van der Waals surface area contributed by atoms with Crippen LogP contribution < -0.4 is 5.43 Å². The highest BCUT2D eigenvalue weighted by Crippen LogP contribution is 2.38. The van der Waals surface area contributed by atoms with Crippen molar-refractivity contribution in [1.82, 2.24) is 4.90 Å². The van der Waals surface area contributed by atoms with Crippen molar-refractivity contribution in [1.29, 1.82) is 0 Å². The van der Waals surface area contributed by atoms with Gasteiger partial charge in [0, 0.05) is 17.6 Å². The van der Waals surface area contributed by atoms with Gasteiger partial charge in [-0.3, -0.25) is 9.59 Å². The third kappa shape index (κ3) is 2.96. The molecule has 1 aromatic heterocycles. The molecule has 1 aliphatic rings. The highest BCUT2D eigenvalue weighted by molar-refractivity contribution is 9.10. The molecule has 0 saturated heterocycles. The summed E-state index contributed by atoms with van der Waals surface area (Å²) in [5, 5.41) is 9.30. The number of fused-ring (bicyclic) bond motifs is 2. The topological polar surface area (TPSA) is 70.8 Å². The van der Waals surface area contributed by atoms with Crippen molar-refractivity contribution in [2.45, 2.75) is 12.5 Å². The molecule has 3 aromatic rings. The summed E-state index contributed by atoms with van der Waals surface area (Å²) in [6.45, 7) is 0.187. The van der Waals surface area contributed by atoms with Crippen LogP contribution in [0.2, 0.25) is 0 Å². The van der Waals surface area contributed by atoms with E-state index in [2.05, 4.69) is 15.9 Å². The van der Waals surface area contributed by atoms with Gasteiger partial charge in [0.2, 0.25) is 5.76 Å². The normalized spacial score (nSPS) is 16.2. The van der Waals surface area contributed by atoms with Crippen LogP contribution in [-0.2, 0) is 0 Å². The predicted octanol–water partition coefficient (Wildman–Crippen LogP) is 3.62. The Morgan fingerprint density at radius 3 is 2.59 bits per heavy atom. The van der Waals surface area contributed by atoms with Crippen LogP contribution in [0.5, 0.6) is 0 Å². The summed E-state index contributed by atoms with van der Waals surface area (Å²) in [5.74, 6) is -0.976. The minimum Gasteiger partial charge on any atom is -0.450 e. The molecular formula is C20H15BrFNO4. The van der Waals surface area contributed by atoms with Crippen molar-refractivity contribution in [2.24, 2.45) is 0 Å². The number of nitrogens with zero attached hydrogens (tertiary/aromatic N) is 1. The van der Waals surface area contributed by atoms with E-state index in [1.54, 1.807) is 0 Å². The molecular weight excluding hydrogens is 417 g/mol. The van der Waals surface area contributed by atoms with Gasteiger partial charge in [0.25, 0.3) is 5.91 Å². The van der Waals surface area contributed by atoms with Gasteiger partial charge in [0.15, 0.2) is 5.43 Å². The number of aliphatic hydroxyl groups excluding tert-OH is 1. The van der Waals surface area contributed by atoms with E-state index in [9.17, 15) is 19.1 Å². The van der Waals surface area contributed by atoms with Crippen LogP contribution in [0.25, 0.3) is 11.0 Å². The van der Waals surface area contributed by atoms with Crippen LogP contribution >= 0.6 is 15.9 Å². The van der Waals surface area contributed by atoms with Gasteiger partial charge in [-0.1, -0.05) is 28.1 Å². The van der Waals surface area contributed by atoms with E-state index >= 15 is 0 Å². The molecule has 0 bridgehead atoms. The maximum Gasteiger partial charge on any atom is 0.290 e. The van der Waals surface area contributed by atoms with Crippen molar-refractivity contribution in [3.05, 3.63) is 79.9 Å². The van der Waals surface area contributed by atoms with E-state index in [-0.39, 0.29) is 35.4 Å². The van der Waals surface area contributed by atoms with Gasteiger partial charge in [0.05, 0.1) is 17.0 Å². The zero-order valence-electron chi connectivity index (χ0n) is 14.1. The lowest BCUT2D eigenvalue weighted by Crippen LogP contribution is -2.31. The first-order valence-electron chi connectivity index (χ1n) is 8.45. The average molecular weight is 432 g/mol. The molecule has 1 aliphatic heterocycles. The molecule has 27 heavy (non-hydrogen) atoms. The minimum absolute atomic E-state index is 0.0232. The Hall–Kier alpha value is -2.51. The Morgan fingerprint density at radius 1 is 1.15 bits per heavy atom. The number of hydrogen-bond acceptors (Lipinski definition) is 4. The van der Waals surface area contributed by atoms with Crippen molar-refractivity contribution >= 4 is 32.8 Å². The van der Waals surface area contributed by atoms with Crippen molar-refractivity contribution in [3.8, 4) is 0 Å². The van der Waals surface area contributed by atoms with Gasteiger partial charge in [-0.2, -0.15) is 0 Å². The first-order valence-corrected chi connectivity index (χ1v) is 9.24. The number of rotatable bonds is 4. The van der Waals surface area contributed by atoms with E-state index in [0.29, 0.717) is 6.42 Å². The predicted molar refractivity (Wildman–Crippen MR) is 101 cm³/mol. The van der Waals surface area contributed by atoms with Gasteiger partial charge >= 0.3 is 0 Å². The zero-order chi connectivity index (χ0) is 19.1. The monoisotopic (exact) mass is 431 g/mol. The molecule has 1 amide bonds. The number of amides is 1. The quantitative estimate of drug-likeness (QED) is 0.684. The summed E-state index contributed by atoms with van der Waals surface area (Å²) in [7, 11) is 0. The molecule has 5 nitrogen and oxygen atoms in total. The summed E-state index contributed by atoms with van der Waals surface area (Å²) in [5.41, 5.74) is 0.704. The average Bonchev–Trinajstić information content (AvgIpc) is 2.94. The fraction of sp³-hybridized carbons (Fsp3) is 0.200. The van der Waals surface area contributed by atoms with Gasteiger partial charge in [-0.05, 0) is 42.3 Å². The van der Waals surface area contributed by atoms with Crippen LogP contribution in [0.3, 0.4) is 0 Å². The molecule has 1 N–H and O–H groups in total. The van der Waals surface area contributed by atoms with Gasteiger partial charge in [-0.15, -0.1) is 0 Å². The molecule has 0 saturated carbocycles. The van der Waals surface area contributed by atoms with Gasteiger partial charge in [0.1, 0.15) is 11.4 Å². The van der Waals surface area contributed by atoms with Crippen molar-refractivity contribution in [3.63, 3.8) is 0 Å². The van der Waals surface area contributed by atoms with Crippen molar-refractivity contribution in [2.75, 3.05) is 13.2 Å². The molecule has 1 atom stereocenters. The molecule has 0 aliphatic carbocycles. The number of carbonyl (C=O) groups is 1. The van der Waals surface area contributed by atoms with Crippen LogP contribution in [-0.4, -0.2) is 29.1 Å². The third-order valence-electron chi connectivity index (χ3n) is 4.67. The maximum absolute atomic E-state index is 13.7. The number of carbonyl (C=O) groups excluding carboxylic acids is 1. The highest BCUT2D eigenvalue weighted by Gasteiger charge is 2.42. The smallest absolute Gasteiger partial charge is 0.290 e. The van der Waals surface area contributed by atoms with E-state index in [1.165, 1.54) is 17.0 Å². The lowest BCUT2D eigenvalue weighted by atomic mass is 9.98. The maximum atomic E-state index is 13.7. The van der Waals surface area contributed by atoms with Crippen LogP contribution in [0.4, 0.5) is 4.39 Å². The molecule has 2 aromatic carbocycles. The second kappa shape index (κ2) is 6.90. The van der Waals surface area contributed by atoms with Crippen molar-refractivity contribution < 1.29 is 18.7 Å². The summed E-state index contributed by atoms with van der Waals surface area (Å²) in [6, 6.07) is 10.3. The lowest BCUT2D eigenvalue weighted by molar-refractivity contribution is 0.0716. The summed E-state index contributed by atoms with van der Waals surface area (Å²) < 4.78 is 20.2. The Balaban J connectivity index is 1.97. The van der Waals surface area contributed by atoms with E-state index in [1.807, 2.05) is 24.3 Å². The van der Waals surface area contributed by atoms with Crippen LogP contribution in [0, 0.1) is 5.82 Å². The first kappa shape index (κ1) is 17.9. The second-order valence-electron chi connectivity index (χ2n) is 6.34. The molecule has 0 radical (unpaired) electrons. The number of hydrogen-bond donors (Lipinski definition) is 1. The standard InChI is InChI=1S/C20H15BrFNO4/c21-12-4-2-11(3-5-12)17-16-18(25)14-10-13(22)6-7-15(14)27-19(16)20(26)23(17)8-1-9-24/h2-7,10,17,24H,1,8-9H2/t17-/m1/s1. The number of benzene rings is 2. The summed E-state index contributed by atoms with van der Waals surface area (Å²) in [4.78, 5) is 27.6. The van der Waals surface area contributed by atoms with Gasteiger partial charge < -0.3 is 14.4 Å². The van der Waals surface area contributed by atoms with E-state index < -0.39 is 23.2 Å². The highest BCUT2D eigenvalue weighted by atomic mass is 79.9. The molecule has 2 heterocycles. The Labute approximate surface area is 162 Å². The second-order valence-corrected chi connectivity index (χ2v) is 7.26. The number of aliphatic hydroxyl groups is 1. The Bertz CT molecular complexity index is 1090. The van der Waals surface area contributed by atoms with E-state index in [0.717, 1.165) is 16.1 Å². The lowest BCUT2D eigenvalue weighted by Gasteiger charge is -2.24. The molecule has 138 valence electrons. The summed E-state index contributed by atoms with van der Waals surface area (Å²) >= 11 is 3.37. The Kier molecular flexibility index (Phi) is 4.57. The zero-order valence-corrected chi connectivity index (χ0v) is 15.7. The molecule has 7 heteroatoms. The van der Waals surface area contributed by atoms with Gasteiger partial charge in [-0.25, -0.2) is 4.39 Å². The third-order valence-corrected chi connectivity index (χ3v) is 5.20. The molecule has 0 fully saturated rings. The molecule has 0 unspecified atom stereocenters. The van der Waals surface area contributed by atoms with Crippen LogP contribution in [0.15, 0.2) is 56.1 Å². The first-order chi connectivity index (χ1) is 13.0. The minimum atomic E-state index is -0.643. The number of halogens is 2. The fourth-order valence-corrected chi connectivity index (χ4v) is 3.72. The fourth-order valence-electron chi connectivity index (χ4n) is 3.46. The molecule has 0 spiro atoms.